The normalized spacial score (nSPS) is 12.1. The predicted molar refractivity (Wildman–Crippen MR) is 97.0 cm³/mol. The summed E-state index contributed by atoms with van der Waals surface area (Å²) in [7, 11) is 3.76. The van der Waals surface area contributed by atoms with E-state index in [0.717, 1.165) is 25.1 Å². The smallest absolute Gasteiger partial charge is 0.122 e. The highest BCUT2D eigenvalue weighted by atomic mass is 127. The number of rotatable bonds is 7. The molecule has 0 saturated carbocycles. The largest absolute Gasteiger partial charge is 0.496 e. The summed E-state index contributed by atoms with van der Waals surface area (Å²) in [6.07, 6.45) is 2.10. The zero-order valence-electron chi connectivity index (χ0n) is 12.6. The Bertz CT molecular complexity index is 553. The van der Waals surface area contributed by atoms with E-state index in [1.165, 1.54) is 14.7 Å². The van der Waals surface area contributed by atoms with Crippen molar-refractivity contribution in [1.82, 2.24) is 5.32 Å². The van der Waals surface area contributed by atoms with Gasteiger partial charge in [0.15, 0.2) is 0 Å². The van der Waals surface area contributed by atoms with Crippen LogP contribution in [0.25, 0.3) is 0 Å². The molecule has 0 radical (unpaired) electrons. The highest BCUT2D eigenvalue weighted by Gasteiger charge is 2.13. The molecule has 0 saturated heterocycles. The molecular weight excluding hydrogens is 373 g/mol. The third kappa shape index (κ3) is 5.00. The number of methoxy groups -OCH3 is 1. The molecule has 2 rings (SSSR count). The van der Waals surface area contributed by atoms with Crippen molar-refractivity contribution in [2.75, 3.05) is 20.7 Å². The van der Waals surface area contributed by atoms with E-state index in [0.29, 0.717) is 5.92 Å². The van der Waals surface area contributed by atoms with Crippen LogP contribution in [0.1, 0.15) is 11.1 Å². The lowest BCUT2D eigenvalue weighted by Gasteiger charge is -2.18. The standard InChI is InChI=1S/C18H22INO/c1-20-13-15(11-14-7-9-17(19)10-8-14)12-16-5-3-4-6-18(16)21-2/h3-10,15,20H,11-13H2,1-2H3. The summed E-state index contributed by atoms with van der Waals surface area (Å²) in [6.45, 7) is 1.00. The van der Waals surface area contributed by atoms with Crippen LogP contribution in [0.3, 0.4) is 0 Å². The average Bonchev–Trinajstić information content (AvgIpc) is 2.50. The maximum absolute atomic E-state index is 5.47. The van der Waals surface area contributed by atoms with Gasteiger partial charge in [-0.1, -0.05) is 30.3 Å². The Balaban J connectivity index is 2.09. The number of nitrogens with one attached hydrogen (secondary N) is 1. The number of ether oxygens (including phenoxy) is 1. The van der Waals surface area contributed by atoms with Crippen LogP contribution in [0.5, 0.6) is 5.75 Å². The maximum atomic E-state index is 5.47. The number of hydrogen-bond acceptors (Lipinski definition) is 2. The summed E-state index contributed by atoms with van der Waals surface area (Å²) >= 11 is 2.35. The molecule has 112 valence electrons. The molecule has 0 aliphatic heterocycles. The van der Waals surface area contributed by atoms with Gasteiger partial charge in [-0.15, -0.1) is 0 Å². The molecule has 1 unspecified atom stereocenters. The van der Waals surface area contributed by atoms with Crippen LogP contribution in [-0.2, 0) is 12.8 Å². The Kier molecular flexibility index (Phi) is 6.51. The maximum Gasteiger partial charge on any atom is 0.122 e. The first-order valence-electron chi connectivity index (χ1n) is 7.24. The van der Waals surface area contributed by atoms with Gasteiger partial charge < -0.3 is 10.1 Å². The summed E-state index contributed by atoms with van der Waals surface area (Å²) in [5.41, 5.74) is 2.68. The van der Waals surface area contributed by atoms with Crippen LogP contribution in [-0.4, -0.2) is 20.7 Å². The van der Waals surface area contributed by atoms with Gasteiger partial charge in [0.25, 0.3) is 0 Å². The minimum absolute atomic E-state index is 0.561. The van der Waals surface area contributed by atoms with E-state index in [4.69, 9.17) is 4.74 Å². The Morgan fingerprint density at radius 3 is 2.43 bits per heavy atom. The molecule has 0 aromatic heterocycles. The number of para-hydroxylation sites is 1. The van der Waals surface area contributed by atoms with E-state index < -0.39 is 0 Å². The Labute approximate surface area is 141 Å². The van der Waals surface area contributed by atoms with Crippen LogP contribution in [0.4, 0.5) is 0 Å². The Hall–Kier alpha value is -1.07. The second kappa shape index (κ2) is 8.39. The second-order valence-corrected chi connectivity index (χ2v) is 6.52. The van der Waals surface area contributed by atoms with Gasteiger partial charge in [-0.2, -0.15) is 0 Å². The van der Waals surface area contributed by atoms with Crippen LogP contribution >= 0.6 is 22.6 Å². The lowest BCUT2D eigenvalue weighted by molar-refractivity contribution is 0.402. The number of halogens is 1. The fourth-order valence-corrected chi connectivity index (χ4v) is 3.00. The molecule has 0 aliphatic carbocycles. The molecule has 0 heterocycles. The van der Waals surface area contributed by atoms with Gasteiger partial charge in [-0.25, -0.2) is 0 Å². The van der Waals surface area contributed by atoms with E-state index >= 15 is 0 Å². The summed E-state index contributed by atoms with van der Waals surface area (Å²) in [4.78, 5) is 0. The SMILES string of the molecule is CNCC(Cc1ccc(I)cc1)Cc1ccccc1OC. The van der Waals surface area contributed by atoms with E-state index in [9.17, 15) is 0 Å². The van der Waals surface area contributed by atoms with Crippen molar-refractivity contribution in [2.45, 2.75) is 12.8 Å². The van der Waals surface area contributed by atoms with E-state index in [-0.39, 0.29) is 0 Å². The highest BCUT2D eigenvalue weighted by molar-refractivity contribution is 14.1. The Morgan fingerprint density at radius 2 is 1.76 bits per heavy atom. The summed E-state index contributed by atoms with van der Waals surface area (Å²) < 4.78 is 6.75. The van der Waals surface area contributed by atoms with Gasteiger partial charge in [0.2, 0.25) is 0 Å². The van der Waals surface area contributed by atoms with Crippen LogP contribution in [0.2, 0.25) is 0 Å². The molecule has 0 bridgehead atoms. The first-order valence-corrected chi connectivity index (χ1v) is 8.31. The van der Waals surface area contributed by atoms with Crippen LogP contribution in [0.15, 0.2) is 48.5 Å². The van der Waals surface area contributed by atoms with Crippen molar-refractivity contribution in [2.24, 2.45) is 5.92 Å². The van der Waals surface area contributed by atoms with Crippen LogP contribution in [0, 0.1) is 9.49 Å². The molecule has 2 aromatic carbocycles. The van der Waals surface area contributed by atoms with Crippen molar-refractivity contribution in [3.8, 4) is 5.75 Å². The quantitative estimate of drug-likeness (QED) is 0.718. The Morgan fingerprint density at radius 1 is 1.05 bits per heavy atom. The molecule has 0 aliphatic rings. The van der Waals surface area contributed by atoms with E-state index in [2.05, 4.69) is 64.3 Å². The minimum atomic E-state index is 0.561. The molecule has 2 aromatic rings. The molecular formula is C18H22INO. The summed E-state index contributed by atoms with van der Waals surface area (Å²) in [5, 5.41) is 3.31. The molecule has 1 atom stereocenters. The third-order valence-electron chi connectivity index (χ3n) is 3.63. The lowest BCUT2D eigenvalue weighted by Crippen LogP contribution is -2.23. The lowest BCUT2D eigenvalue weighted by atomic mass is 9.92. The summed E-state index contributed by atoms with van der Waals surface area (Å²) in [5.74, 6) is 1.55. The minimum Gasteiger partial charge on any atom is -0.496 e. The van der Waals surface area contributed by atoms with Gasteiger partial charge in [0, 0.05) is 3.57 Å². The average molecular weight is 395 g/mol. The molecule has 0 fully saturated rings. The van der Waals surface area contributed by atoms with Crippen molar-refractivity contribution in [1.29, 1.82) is 0 Å². The zero-order chi connectivity index (χ0) is 15.1. The van der Waals surface area contributed by atoms with Gasteiger partial charge in [0.1, 0.15) is 5.75 Å². The molecule has 0 spiro atoms. The van der Waals surface area contributed by atoms with Gasteiger partial charge >= 0.3 is 0 Å². The highest BCUT2D eigenvalue weighted by Crippen LogP contribution is 2.23. The zero-order valence-corrected chi connectivity index (χ0v) is 14.8. The molecule has 0 amide bonds. The molecule has 3 heteroatoms. The van der Waals surface area contributed by atoms with Crippen molar-refractivity contribution in [3.05, 3.63) is 63.2 Å². The first kappa shape index (κ1) is 16.3. The number of hydrogen-bond donors (Lipinski definition) is 1. The van der Waals surface area contributed by atoms with Gasteiger partial charge in [0.05, 0.1) is 7.11 Å². The monoisotopic (exact) mass is 395 g/mol. The number of benzene rings is 2. The van der Waals surface area contributed by atoms with Crippen molar-refractivity contribution in [3.63, 3.8) is 0 Å². The van der Waals surface area contributed by atoms with E-state index in [1.807, 2.05) is 19.2 Å². The van der Waals surface area contributed by atoms with E-state index in [1.54, 1.807) is 7.11 Å². The summed E-state index contributed by atoms with van der Waals surface area (Å²) in [6, 6.07) is 17.1. The predicted octanol–water partition coefficient (Wildman–Crippen LogP) is 3.92. The third-order valence-corrected chi connectivity index (χ3v) is 4.35. The fraction of sp³-hybridized carbons (Fsp3) is 0.333. The fourth-order valence-electron chi connectivity index (χ4n) is 2.64. The van der Waals surface area contributed by atoms with Crippen molar-refractivity contribution < 1.29 is 4.74 Å². The van der Waals surface area contributed by atoms with Crippen molar-refractivity contribution >= 4 is 22.6 Å². The van der Waals surface area contributed by atoms with Crippen LogP contribution < -0.4 is 10.1 Å². The first-order chi connectivity index (χ1) is 10.2. The van der Waals surface area contributed by atoms with Gasteiger partial charge in [-0.05, 0) is 84.3 Å². The molecule has 1 N–H and O–H groups in total. The molecule has 21 heavy (non-hydrogen) atoms. The topological polar surface area (TPSA) is 21.3 Å². The second-order valence-electron chi connectivity index (χ2n) is 5.27. The molecule has 2 nitrogen and oxygen atoms in total. The van der Waals surface area contributed by atoms with Gasteiger partial charge in [-0.3, -0.25) is 0 Å².